The van der Waals surface area contributed by atoms with Gasteiger partial charge < -0.3 is 15.5 Å². The Morgan fingerprint density at radius 1 is 1.24 bits per heavy atom. The van der Waals surface area contributed by atoms with Gasteiger partial charge in [0.15, 0.2) is 0 Å². The highest BCUT2D eigenvalue weighted by Crippen LogP contribution is 2.27. The Hall–Kier alpha value is -1.77. The van der Waals surface area contributed by atoms with E-state index < -0.39 is 0 Å². The lowest BCUT2D eigenvalue weighted by Gasteiger charge is -2.27. The first-order valence-electron chi connectivity index (χ1n) is 5.58. The number of hydrogen-bond acceptors (Lipinski definition) is 5. The van der Waals surface area contributed by atoms with Crippen LogP contribution in [0.3, 0.4) is 0 Å². The number of hydrogen-bond donors (Lipinski definition) is 3. The van der Waals surface area contributed by atoms with E-state index in [1.54, 1.807) is 6.07 Å². The maximum Gasteiger partial charge on any atom is 0.137 e. The fraction of sp³-hybridized carbons (Fsp3) is 0.417. The van der Waals surface area contributed by atoms with Crippen LogP contribution in [0.5, 0.6) is 11.5 Å². The zero-order chi connectivity index (χ0) is 12.3. The van der Waals surface area contributed by atoms with Crippen molar-refractivity contribution in [1.82, 2.24) is 10.2 Å². The van der Waals surface area contributed by atoms with Crippen LogP contribution in [0.1, 0.15) is 11.1 Å². The lowest BCUT2D eigenvalue weighted by atomic mass is 10.1. The third-order valence-electron chi connectivity index (χ3n) is 2.92. The van der Waals surface area contributed by atoms with Crippen molar-refractivity contribution in [1.29, 1.82) is 5.26 Å². The van der Waals surface area contributed by atoms with Crippen molar-refractivity contribution in [2.45, 2.75) is 6.54 Å². The molecular weight excluding hydrogens is 218 g/mol. The molecule has 1 aliphatic heterocycles. The largest absolute Gasteiger partial charge is 0.507 e. The smallest absolute Gasteiger partial charge is 0.137 e. The van der Waals surface area contributed by atoms with Crippen molar-refractivity contribution < 1.29 is 10.2 Å². The molecule has 3 N–H and O–H groups in total. The van der Waals surface area contributed by atoms with Gasteiger partial charge in [0.1, 0.15) is 17.6 Å². The topological polar surface area (TPSA) is 79.5 Å². The second-order valence-electron chi connectivity index (χ2n) is 4.14. The summed E-state index contributed by atoms with van der Waals surface area (Å²) in [6.07, 6.45) is 0. The first-order chi connectivity index (χ1) is 8.20. The summed E-state index contributed by atoms with van der Waals surface area (Å²) in [5, 5.41) is 31.2. The molecule has 1 aromatic carbocycles. The average molecular weight is 233 g/mol. The minimum absolute atomic E-state index is 0.0417. The third-order valence-corrected chi connectivity index (χ3v) is 2.92. The van der Waals surface area contributed by atoms with Gasteiger partial charge in [0.2, 0.25) is 0 Å². The third kappa shape index (κ3) is 2.67. The first-order valence-corrected chi connectivity index (χ1v) is 5.58. The Morgan fingerprint density at radius 2 is 1.94 bits per heavy atom. The second-order valence-corrected chi connectivity index (χ2v) is 4.14. The number of benzene rings is 1. The SMILES string of the molecule is N#Cc1cc(CN2CCNCC2)c(O)cc1O. The maximum absolute atomic E-state index is 9.73. The standard InChI is InChI=1S/C12H15N3O2/c13-7-9-5-10(12(17)6-11(9)16)8-15-3-1-14-2-4-15/h5-6,14,16-17H,1-4,8H2. The van der Waals surface area contributed by atoms with E-state index in [1.165, 1.54) is 6.07 Å². The van der Waals surface area contributed by atoms with Crippen LogP contribution in [-0.2, 0) is 6.54 Å². The summed E-state index contributed by atoms with van der Waals surface area (Å²) in [6, 6.07) is 4.69. The molecule has 0 unspecified atom stereocenters. The highest BCUT2D eigenvalue weighted by Gasteiger charge is 2.14. The van der Waals surface area contributed by atoms with Crippen LogP contribution in [0.15, 0.2) is 12.1 Å². The van der Waals surface area contributed by atoms with E-state index in [2.05, 4.69) is 10.2 Å². The summed E-state index contributed by atoms with van der Waals surface area (Å²) >= 11 is 0. The summed E-state index contributed by atoms with van der Waals surface area (Å²) in [6.45, 7) is 4.31. The van der Waals surface area contributed by atoms with Crippen LogP contribution in [0.4, 0.5) is 0 Å². The van der Waals surface area contributed by atoms with Crippen LogP contribution < -0.4 is 5.32 Å². The quantitative estimate of drug-likeness (QED) is 0.688. The molecule has 0 amide bonds. The molecule has 0 atom stereocenters. The maximum atomic E-state index is 9.73. The Morgan fingerprint density at radius 3 is 2.59 bits per heavy atom. The fourth-order valence-electron chi connectivity index (χ4n) is 1.95. The molecule has 2 rings (SSSR count). The summed E-state index contributed by atoms with van der Waals surface area (Å²) in [5.74, 6) is -0.130. The molecule has 1 saturated heterocycles. The van der Waals surface area contributed by atoms with Gasteiger partial charge in [0, 0.05) is 44.4 Å². The van der Waals surface area contributed by atoms with Gasteiger partial charge in [-0.15, -0.1) is 0 Å². The predicted molar refractivity (Wildman–Crippen MR) is 62.6 cm³/mol. The van der Waals surface area contributed by atoms with Gasteiger partial charge in [-0.3, -0.25) is 4.90 Å². The van der Waals surface area contributed by atoms with E-state index in [9.17, 15) is 10.2 Å². The molecule has 0 aliphatic carbocycles. The van der Waals surface area contributed by atoms with Gasteiger partial charge in [-0.05, 0) is 6.07 Å². The number of nitrogens with one attached hydrogen (secondary N) is 1. The minimum Gasteiger partial charge on any atom is -0.507 e. The molecule has 0 saturated carbocycles. The number of nitriles is 1. The number of phenols is 2. The monoisotopic (exact) mass is 233 g/mol. The first kappa shape index (κ1) is 11.7. The highest BCUT2D eigenvalue weighted by molar-refractivity contribution is 5.50. The molecule has 0 bridgehead atoms. The van der Waals surface area contributed by atoms with Crippen molar-refractivity contribution >= 4 is 0 Å². The number of nitrogens with zero attached hydrogens (tertiary/aromatic N) is 2. The molecular formula is C12H15N3O2. The highest BCUT2D eigenvalue weighted by atomic mass is 16.3. The molecule has 0 spiro atoms. The molecule has 5 nitrogen and oxygen atoms in total. The molecule has 1 heterocycles. The van der Waals surface area contributed by atoms with E-state index in [1.807, 2.05) is 6.07 Å². The number of aromatic hydroxyl groups is 2. The van der Waals surface area contributed by atoms with Gasteiger partial charge in [0.25, 0.3) is 0 Å². The van der Waals surface area contributed by atoms with E-state index >= 15 is 0 Å². The summed E-state index contributed by atoms with van der Waals surface area (Å²) in [4.78, 5) is 2.20. The van der Waals surface area contributed by atoms with E-state index in [-0.39, 0.29) is 17.1 Å². The minimum atomic E-state index is -0.172. The van der Waals surface area contributed by atoms with Crippen molar-refractivity contribution in [2.75, 3.05) is 26.2 Å². The molecule has 1 aromatic rings. The van der Waals surface area contributed by atoms with Crippen LogP contribution >= 0.6 is 0 Å². The van der Waals surface area contributed by atoms with Crippen molar-refractivity contribution in [3.8, 4) is 17.6 Å². The predicted octanol–water partition coefficient (Wildman–Crippen LogP) is 0.375. The summed E-state index contributed by atoms with van der Waals surface area (Å²) in [7, 11) is 0. The molecule has 0 radical (unpaired) electrons. The molecule has 17 heavy (non-hydrogen) atoms. The summed E-state index contributed by atoms with van der Waals surface area (Å²) in [5.41, 5.74) is 0.884. The number of rotatable bonds is 2. The molecule has 1 fully saturated rings. The average Bonchev–Trinajstić information content (AvgIpc) is 2.34. The van der Waals surface area contributed by atoms with Crippen LogP contribution in [0.25, 0.3) is 0 Å². The molecule has 5 heteroatoms. The van der Waals surface area contributed by atoms with Crippen molar-refractivity contribution in [2.24, 2.45) is 0 Å². The molecule has 90 valence electrons. The Balaban J connectivity index is 2.17. The van der Waals surface area contributed by atoms with Crippen LogP contribution in [0.2, 0.25) is 0 Å². The van der Waals surface area contributed by atoms with Gasteiger partial charge in [-0.2, -0.15) is 5.26 Å². The van der Waals surface area contributed by atoms with Gasteiger partial charge >= 0.3 is 0 Å². The van der Waals surface area contributed by atoms with Crippen molar-refractivity contribution in [3.05, 3.63) is 23.3 Å². The van der Waals surface area contributed by atoms with Crippen LogP contribution in [0, 0.1) is 11.3 Å². The lowest BCUT2D eigenvalue weighted by Crippen LogP contribution is -2.42. The summed E-state index contributed by atoms with van der Waals surface area (Å²) < 4.78 is 0. The van der Waals surface area contributed by atoms with E-state index in [0.29, 0.717) is 12.1 Å². The number of phenolic OH excluding ortho intramolecular Hbond substituents is 2. The Kier molecular flexibility index (Phi) is 3.47. The van der Waals surface area contributed by atoms with Crippen molar-refractivity contribution in [3.63, 3.8) is 0 Å². The molecule has 1 aliphatic rings. The van der Waals surface area contributed by atoms with Gasteiger partial charge in [0.05, 0.1) is 5.56 Å². The van der Waals surface area contributed by atoms with E-state index in [4.69, 9.17) is 5.26 Å². The lowest BCUT2D eigenvalue weighted by molar-refractivity contribution is 0.230. The van der Waals surface area contributed by atoms with Gasteiger partial charge in [-0.1, -0.05) is 0 Å². The van der Waals surface area contributed by atoms with Crippen LogP contribution in [-0.4, -0.2) is 41.3 Å². The second kappa shape index (κ2) is 5.04. The zero-order valence-electron chi connectivity index (χ0n) is 9.48. The fourth-order valence-corrected chi connectivity index (χ4v) is 1.95. The Labute approximate surface area is 99.9 Å². The molecule has 0 aromatic heterocycles. The normalized spacial score (nSPS) is 16.6. The number of piperazine rings is 1. The zero-order valence-corrected chi connectivity index (χ0v) is 9.48. The van der Waals surface area contributed by atoms with E-state index in [0.717, 1.165) is 26.2 Å². The Bertz CT molecular complexity index is 448. The van der Waals surface area contributed by atoms with Gasteiger partial charge in [-0.25, -0.2) is 0 Å².